The van der Waals surface area contributed by atoms with Gasteiger partial charge in [0.25, 0.3) is 0 Å². The van der Waals surface area contributed by atoms with Crippen LogP contribution < -0.4 is 0 Å². The van der Waals surface area contributed by atoms with Crippen LogP contribution in [0.5, 0.6) is 0 Å². The van der Waals surface area contributed by atoms with E-state index in [-0.39, 0.29) is 0 Å². The lowest BCUT2D eigenvalue weighted by Crippen LogP contribution is -1.86. The molecule has 0 rings (SSSR count). The minimum absolute atomic E-state index is 1.25. The molecule has 0 fully saturated rings. The van der Waals surface area contributed by atoms with Gasteiger partial charge in [0.05, 0.1) is 0 Å². The molecule has 0 aromatic rings. The summed E-state index contributed by atoms with van der Waals surface area (Å²) in [5.41, 5.74) is 0. The maximum atomic E-state index is 2.31. The van der Waals surface area contributed by atoms with Crippen molar-refractivity contribution in [3.8, 4) is 0 Å². The van der Waals surface area contributed by atoms with E-state index in [9.17, 15) is 0 Å². The SMILES string of the molecule is CCCCCCCCCCCCCCCCCCCCCCCCCCPCCCCCCCCCCCCCCCCCCCCCCCCCC. The lowest BCUT2D eigenvalue weighted by molar-refractivity contribution is 0.517. The van der Waals surface area contributed by atoms with Crippen LogP contribution in [0, 0.1) is 0 Å². The Bertz CT molecular complexity index is 536. The maximum Gasteiger partial charge on any atom is -0.0353 e. The first-order chi connectivity index (χ1) is 26.4. The Morgan fingerprint density at radius 2 is 0.264 bits per heavy atom. The van der Waals surface area contributed by atoms with Gasteiger partial charge in [-0.3, -0.25) is 0 Å². The molecule has 0 bridgehead atoms. The quantitative estimate of drug-likeness (QED) is 0.0428. The Labute approximate surface area is 341 Å². The molecule has 320 valence electrons. The van der Waals surface area contributed by atoms with Crippen molar-refractivity contribution in [1.29, 1.82) is 0 Å². The minimum Gasteiger partial charge on any atom is -0.122 e. The zero-order valence-electron chi connectivity index (χ0n) is 37.9. The lowest BCUT2D eigenvalue weighted by atomic mass is 10.0. The van der Waals surface area contributed by atoms with E-state index < -0.39 is 0 Å². The second-order valence-corrected chi connectivity index (χ2v) is 19.5. The molecule has 0 heterocycles. The molecule has 0 radical (unpaired) electrons. The highest BCUT2D eigenvalue weighted by Crippen LogP contribution is 2.20. The van der Waals surface area contributed by atoms with Crippen molar-refractivity contribution in [1.82, 2.24) is 0 Å². The molecule has 0 saturated carbocycles. The second kappa shape index (κ2) is 52.4. The molecule has 53 heavy (non-hydrogen) atoms. The molecule has 0 aliphatic rings. The van der Waals surface area contributed by atoms with Gasteiger partial charge in [-0.2, -0.15) is 0 Å². The molecule has 0 nitrogen and oxygen atoms in total. The summed E-state index contributed by atoms with van der Waals surface area (Å²) >= 11 is 0. The average Bonchev–Trinajstić information content (AvgIpc) is 3.17. The van der Waals surface area contributed by atoms with Crippen molar-refractivity contribution in [2.75, 3.05) is 12.3 Å². The third-order valence-corrected chi connectivity index (χ3v) is 13.8. The topological polar surface area (TPSA) is 0 Å². The molecule has 0 amide bonds. The van der Waals surface area contributed by atoms with E-state index in [1.807, 2.05) is 0 Å². The van der Waals surface area contributed by atoms with Crippen LogP contribution in [0.25, 0.3) is 0 Å². The predicted octanol–water partition coefficient (Wildman–Crippen LogP) is 20.4. The van der Waals surface area contributed by atoms with E-state index in [1.54, 1.807) is 0 Å². The third kappa shape index (κ3) is 52.4. The number of rotatable bonds is 50. The van der Waals surface area contributed by atoms with Crippen LogP contribution in [0.4, 0.5) is 0 Å². The summed E-state index contributed by atoms with van der Waals surface area (Å²) < 4.78 is 0. The van der Waals surface area contributed by atoms with Crippen molar-refractivity contribution in [3.05, 3.63) is 0 Å². The molecule has 0 atom stereocenters. The van der Waals surface area contributed by atoms with Crippen LogP contribution in [0.2, 0.25) is 0 Å². The van der Waals surface area contributed by atoms with Crippen molar-refractivity contribution in [3.63, 3.8) is 0 Å². The van der Waals surface area contributed by atoms with Crippen LogP contribution in [0.15, 0.2) is 0 Å². The summed E-state index contributed by atoms with van der Waals surface area (Å²) in [4.78, 5) is 0. The highest BCUT2D eigenvalue weighted by Gasteiger charge is 1.99. The molecule has 0 aliphatic heterocycles. The molecular weight excluding hydrogens is 656 g/mol. The van der Waals surface area contributed by atoms with Gasteiger partial charge < -0.3 is 0 Å². The maximum absolute atomic E-state index is 2.31. The lowest BCUT2D eigenvalue weighted by Gasteiger charge is -2.05. The van der Waals surface area contributed by atoms with Crippen LogP contribution >= 0.6 is 8.58 Å². The summed E-state index contributed by atoms with van der Waals surface area (Å²) in [6.45, 7) is 4.63. The normalized spacial score (nSPS) is 11.7. The summed E-state index contributed by atoms with van der Waals surface area (Å²) in [6.07, 6.45) is 74.5. The van der Waals surface area contributed by atoms with Crippen LogP contribution in [-0.2, 0) is 0 Å². The van der Waals surface area contributed by atoms with Crippen LogP contribution in [0.1, 0.15) is 322 Å². The summed E-state index contributed by atoms with van der Waals surface area (Å²) in [5, 5.41) is 0. The minimum atomic E-state index is 1.25. The molecule has 0 aromatic carbocycles. The highest BCUT2D eigenvalue weighted by atomic mass is 31.1. The summed E-state index contributed by atoms with van der Waals surface area (Å²) in [7, 11) is 1.25. The van der Waals surface area contributed by atoms with Crippen molar-refractivity contribution in [2.24, 2.45) is 0 Å². The van der Waals surface area contributed by atoms with E-state index in [0.29, 0.717) is 0 Å². The molecule has 0 N–H and O–H groups in total. The molecular formula is C52H107P. The first-order valence-electron chi connectivity index (χ1n) is 26.1. The summed E-state index contributed by atoms with van der Waals surface area (Å²) in [6, 6.07) is 0. The fourth-order valence-electron chi connectivity index (χ4n) is 8.55. The Morgan fingerprint density at radius 1 is 0.151 bits per heavy atom. The Hall–Kier alpha value is 0.430. The first-order valence-corrected chi connectivity index (χ1v) is 27.5. The van der Waals surface area contributed by atoms with Gasteiger partial charge >= 0.3 is 0 Å². The third-order valence-electron chi connectivity index (χ3n) is 12.4. The zero-order valence-corrected chi connectivity index (χ0v) is 38.9. The van der Waals surface area contributed by atoms with E-state index >= 15 is 0 Å². The Balaban J connectivity index is 3.05. The first kappa shape index (κ1) is 53.4. The van der Waals surface area contributed by atoms with Gasteiger partial charge in [0, 0.05) is 0 Å². The van der Waals surface area contributed by atoms with E-state index in [2.05, 4.69) is 13.8 Å². The fraction of sp³-hybridized carbons (Fsp3) is 1.00. The molecule has 0 unspecified atom stereocenters. The van der Waals surface area contributed by atoms with Crippen molar-refractivity contribution >= 4 is 8.58 Å². The van der Waals surface area contributed by atoms with E-state index in [4.69, 9.17) is 0 Å². The second-order valence-electron chi connectivity index (χ2n) is 18.0. The number of hydrogen-bond acceptors (Lipinski definition) is 0. The largest absolute Gasteiger partial charge is 0.122 e. The van der Waals surface area contributed by atoms with Crippen molar-refractivity contribution in [2.45, 2.75) is 322 Å². The standard InChI is InChI=1S/C52H107P/c1-3-5-7-9-11-13-15-17-19-21-23-25-27-29-31-33-35-37-39-41-43-45-47-49-51-53-52-50-48-46-44-42-40-38-36-34-32-30-28-26-24-22-20-18-16-14-12-10-8-6-4-2/h53H,3-52H2,1-2H3. The van der Waals surface area contributed by atoms with Gasteiger partial charge in [-0.25, -0.2) is 0 Å². The van der Waals surface area contributed by atoms with Crippen molar-refractivity contribution < 1.29 is 0 Å². The van der Waals surface area contributed by atoms with Gasteiger partial charge in [0.15, 0.2) is 0 Å². The smallest absolute Gasteiger partial charge is 0.0353 e. The summed E-state index contributed by atoms with van der Waals surface area (Å²) in [5.74, 6) is 0. The number of hydrogen-bond donors (Lipinski definition) is 0. The monoisotopic (exact) mass is 763 g/mol. The average molecular weight is 763 g/mol. The van der Waals surface area contributed by atoms with E-state index in [1.165, 1.54) is 329 Å². The van der Waals surface area contributed by atoms with Gasteiger partial charge in [-0.15, -0.1) is 8.58 Å². The van der Waals surface area contributed by atoms with Gasteiger partial charge in [0.1, 0.15) is 0 Å². The van der Waals surface area contributed by atoms with Crippen LogP contribution in [-0.4, -0.2) is 12.3 Å². The zero-order chi connectivity index (χ0) is 38.1. The predicted molar refractivity (Wildman–Crippen MR) is 251 cm³/mol. The van der Waals surface area contributed by atoms with E-state index in [0.717, 1.165) is 0 Å². The Morgan fingerprint density at radius 3 is 0.396 bits per heavy atom. The molecule has 0 spiro atoms. The molecule has 0 aliphatic carbocycles. The van der Waals surface area contributed by atoms with Gasteiger partial charge in [-0.1, -0.05) is 309 Å². The Kier molecular flexibility index (Phi) is 52.9. The molecule has 0 saturated heterocycles. The van der Waals surface area contributed by atoms with Gasteiger partial charge in [-0.05, 0) is 25.2 Å². The molecule has 0 aromatic heterocycles. The molecule has 1 heteroatoms. The highest BCUT2D eigenvalue weighted by molar-refractivity contribution is 7.37. The number of unbranched alkanes of at least 4 members (excludes halogenated alkanes) is 46. The van der Waals surface area contributed by atoms with Crippen LogP contribution in [0.3, 0.4) is 0 Å². The fourth-order valence-corrected chi connectivity index (χ4v) is 9.80. The van der Waals surface area contributed by atoms with Gasteiger partial charge in [0.2, 0.25) is 0 Å².